The zero-order valence-corrected chi connectivity index (χ0v) is 19.9. The summed E-state index contributed by atoms with van der Waals surface area (Å²) >= 11 is 0. The number of hydrogen-bond donors (Lipinski definition) is 1. The van der Waals surface area contributed by atoms with Gasteiger partial charge in [-0.2, -0.15) is 0 Å². The van der Waals surface area contributed by atoms with E-state index in [4.69, 9.17) is 0 Å². The summed E-state index contributed by atoms with van der Waals surface area (Å²) < 4.78 is 0. The molecule has 4 heteroatoms. The first kappa shape index (κ1) is 20.8. The van der Waals surface area contributed by atoms with Gasteiger partial charge in [0.2, 0.25) is 0 Å². The Hall–Kier alpha value is -1.92. The van der Waals surface area contributed by atoms with Crippen molar-refractivity contribution in [2.24, 2.45) is 0 Å². The molecule has 0 saturated carbocycles. The highest BCUT2D eigenvalue weighted by atomic mass is 28.3. The van der Waals surface area contributed by atoms with Crippen LogP contribution in [0.3, 0.4) is 0 Å². The van der Waals surface area contributed by atoms with Crippen molar-refractivity contribution in [1.82, 2.24) is 0 Å². The van der Waals surface area contributed by atoms with Crippen molar-refractivity contribution >= 4 is 38.1 Å². The summed E-state index contributed by atoms with van der Waals surface area (Å²) in [5.74, 6) is -0.891. The number of fused-ring (bicyclic) bond motifs is 1. The predicted molar refractivity (Wildman–Crippen MR) is 126 cm³/mol. The third-order valence-electron chi connectivity index (χ3n) is 6.40. The molecule has 0 aromatic heterocycles. The Morgan fingerprint density at radius 2 is 1.46 bits per heavy atom. The second kappa shape index (κ2) is 7.49. The first-order valence-electron chi connectivity index (χ1n) is 10.3. The summed E-state index contributed by atoms with van der Waals surface area (Å²) in [6.07, 6.45) is 2.17. The summed E-state index contributed by atoms with van der Waals surface area (Å²) in [5.41, 5.74) is 5.00. The third-order valence-corrected chi connectivity index (χ3v) is 13.9. The molecule has 0 spiro atoms. The molecule has 1 aliphatic rings. The van der Waals surface area contributed by atoms with Crippen LogP contribution in [0.15, 0.2) is 43.0 Å². The summed E-state index contributed by atoms with van der Waals surface area (Å²) in [7, 11) is -2.81. The molecule has 2 aromatic rings. The van der Waals surface area contributed by atoms with Crippen molar-refractivity contribution in [3.05, 3.63) is 65.2 Å². The molecule has 0 saturated heterocycles. The van der Waals surface area contributed by atoms with Crippen LogP contribution in [-0.4, -0.2) is 27.2 Å². The molecule has 1 N–H and O–H groups in total. The summed E-state index contributed by atoms with van der Waals surface area (Å²) in [6.45, 7) is 16.7. The van der Waals surface area contributed by atoms with Gasteiger partial charge < -0.3 is 5.11 Å². The molecule has 2 aromatic carbocycles. The van der Waals surface area contributed by atoms with E-state index in [1.54, 1.807) is 22.5 Å². The minimum absolute atomic E-state index is 0.317. The number of carbonyl (C=O) groups is 1. The van der Waals surface area contributed by atoms with Crippen LogP contribution < -0.4 is 10.4 Å². The van der Waals surface area contributed by atoms with Gasteiger partial charge in [-0.3, -0.25) is 0 Å². The van der Waals surface area contributed by atoms with E-state index < -0.39 is 22.1 Å². The van der Waals surface area contributed by atoms with Crippen molar-refractivity contribution in [2.45, 2.75) is 58.0 Å². The van der Waals surface area contributed by atoms with Crippen molar-refractivity contribution in [3.63, 3.8) is 0 Å². The van der Waals surface area contributed by atoms with E-state index in [0.717, 1.165) is 24.0 Å². The second-order valence-corrected chi connectivity index (χ2v) is 19.0. The van der Waals surface area contributed by atoms with E-state index in [0.29, 0.717) is 5.56 Å². The lowest BCUT2D eigenvalue weighted by Gasteiger charge is -2.40. The smallest absolute Gasteiger partial charge is 0.335 e. The Kier molecular flexibility index (Phi) is 5.56. The molecule has 1 aliphatic heterocycles. The highest BCUT2D eigenvalue weighted by Crippen LogP contribution is 2.31. The van der Waals surface area contributed by atoms with Gasteiger partial charge >= 0.3 is 5.97 Å². The maximum absolute atomic E-state index is 11.2. The van der Waals surface area contributed by atoms with Crippen molar-refractivity contribution < 1.29 is 9.90 Å². The van der Waals surface area contributed by atoms with Gasteiger partial charge in [-0.1, -0.05) is 92.8 Å². The maximum Gasteiger partial charge on any atom is 0.335 e. The fourth-order valence-corrected chi connectivity index (χ4v) is 14.7. The Labute approximate surface area is 171 Å². The minimum atomic E-state index is -1.43. The van der Waals surface area contributed by atoms with Crippen LogP contribution in [0.4, 0.5) is 0 Å². The third kappa shape index (κ3) is 3.80. The van der Waals surface area contributed by atoms with E-state index in [9.17, 15) is 9.90 Å². The summed E-state index contributed by atoms with van der Waals surface area (Å²) in [5, 5.41) is 12.5. The number of benzene rings is 2. The summed E-state index contributed by atoms with van der Waals surface area (Å²) in [6, 6.07) is 14.9. The molecule has 2 nitrogen and oxygen atoms in total. The number of carboxylic acids is 1. The van der Waals surface area contributed by atoms with Crippen LogP contribution >= 0.6 is 0 Å². The van der Waals surface area contributed by atoms with E-state index in [2.05, 4.69) is 51.8 Å². The highest BCUT2D eigenvalue weighted by Gasteiger charge is 2.40. The molecule has 0 fully saturated rings. The average Bonchev–Trinajstić information content (AvgIpc) is 2.65. The fourth-order valence-electron chi connectivity index (χ4n) is 4.39. The van der Waals surface area contributed by atoms with E-state index in [1.165, 1.54) is 23.2 Å². The van der Waals surface area contributed by atoms with Crippen molar-refractivity contribution in [1.29, 1.82) is 0 Å². The Morgan fingerprint density at radius 1 is 0.964 bits per heavy atom. The monoisotopic (exact) mass is 408 g/mol. The molecule has 0 unspecified atom stereocenters. The van der Waals surface area contributed by atoms with Gasteiger partial charge in [-0.25, -0.2) is 4.79 Å². The quantitative estimate of drug-likeness (QED) is 0.687. The SMILES string of the molecule is C=C(c1ccc(C(=O)O)cc1)c1cc2c(cc1CCC)[Si](C)(C)CC[Si]2(C)C. The minimum Gasteiger partial charge on any atom is -0.478 e. The van der Waals surface area contributed by atoms with Gasteiger partial charge in [0.05, 0.1) is 21.7 Å². The number of aromatic carboxylic acids is 1. The lowest BCUT2D eigenvalue weighted by Crippen LogP contribution is -2.63. The number of aryl methyl sites for hydroxylation is 1. The molecule has 148 valence electrons. The number of hydrogen-bond acceptors (Lipinski definition) is 1. The fraction of sp³-hybridized carbons (Fsp3) is 0.375. The molecule has 0 amide bonds. The Bertz CT molecular complexity index is 924. The van der Waals surface area contributed by atoms with Gasteiger partial charge in [0.25, 0.3) is 0 Å². The van der Waals surface area contributed by atoms with Crippen molar-refractivity contribution in [3.8, 4) is 0 Å². The zero-order valence-electron chi connectivity index (χ0n) is 17.9. The lowest BCUT2D eigenvalue weighted by molar-refractivity contribution is 0.0697. The molecular formula is C24H32O2Si2. The number of rotatable bonds is 5. The topological polar surface area (TPSA) is 37.3 Å². The molecule has 0 bridgehead atoms. The van der Waals surface area contributed by atoms with Gasteiger partial charge in [0.15, 0.2) is 0 Å². The molecular weight excluding hydrogens is 376 g/mol. The van der Waals surface area contributed by atoms with Gasteiger partial charge in [-0.05, 0) is 40.8 Å². The van der Waals surface area contributed by atoms with Crippen LogP contribution in [-0.2, 0) is 6.42 Å². The highest BCUT2D eigenvalue weighted by molar-refractivity contribution is 7.03. The Morgan fingerprint density at radius 3 is 1.96 bits per heavy atom. The number of carboxylic acid groups (broad SMARTS) is 1. The predicted octanol–water partition coefficient (Wildman–Crippen LogP) is 5.24. The van der Waals surface area contributed by atoms with Gasteiger partial charge in [0, 0.05) is 0 Å². The molecule has 3 rings (SSSR count). The first-order valence-corrected chi connectivity index (χ1v) is 16.7. The lowest BCUT2D eigenvalue weighted by atomic mass is 9.92. The van der Waals surface area contributed by atoms with Crippen LogP contribution in [0.2, 0.25) is 38.3 Å². The maximum atomic E-state index is 11.2. The van der Waals surface area contributed by atoms with Crippen LogP contribution in [0.1, 0.15) is 40.4 Å². The molecule has 1 heterocycles. The van der Waals surface area contributed by atoms with E-state index >= 15 is 0 Å². The molecule has 0 atom stereocenters. The zero-order chi connectivity index (χ0) is 20.7. The van der Waals surface area contributed by atoms with E-state index in [-0.39, 0.29) is 0 Å². The molecule has 0 radical (unpaired) electrons. The second-order valence-electron chi connectivity index (χ2n) is 9.43. The van der Waals surface area contributed by atoms with Crippen LogP contribution in [0, 0.1) is 0 Å². The van der Waals surface area contributed by atoms with Crippen LogP contribution in [0.25, 0.3) is 5.57 Å². The van der Waals surface area contributed by atoms with E-state index in [1.807, 2.05) is 12.1 Å². The largest absolute Gasteiger partial charge is 0.478 e. The standard InChI is InChI=1S/C24H32O2Si2/c1-7-8-20-15-22-23(28(5,6)14-13-27(22,3)4)16-21(20)17(2)18-9-11-19(12-10-18)24(25)26/h9-12,15-16H,2,7-8,13-14H2,1,3-6H3,(H,25,26). The molecule has 0 aliphatic carbocycles. The summed E-state index contributed by atoms with van der Waals surface area (Å²) in [4.78, 5) is 11.2. The van der Waals surface area contributed by atoms with Crippen molar-refractivity contribution in [2.75, 3.05) is 0 Å². The van der Waals surface area contributed by atoms with Gasteiger partial charge in [0.1, 0.15) is 0 Å². The molecule has 28 heavy (non-hydrogen) atoms. The normalized spacial score (nSPS) is 17.0. The van der Waals surface area contributed by atoms with Gasteiger partial charge in [-0.15, -0.1) is 0 Å². The van der Waals surface area contributed by atoms with Crippen LogP contribution in [0.5, 0.6) is 0 Å². The average molecular weight is 409 g/mol. The first-order chi connectivity index (χ1) is 13.1. The Balaban J connectivity index is 2.14.